The molecule has 0 aromatic carbocycles. The molecule has 0 bridgehead atoms. The van der Waals surface area contributed by atoms with E-state index in [0.717, 1.165) is 25.5 Å². The Kier molecular flexibility index (Phi) is 5.83. The molecule has 1 aliphatic rings. The second-order valence-corrected chi connectivity index (χ2v) is 7.15. The van der Waals surface area contributed by atoms with Gasteiger partial charge in [-0.15, -0.1) is 0 Å². The van der Waals surface area contributed by atoms with E-state index in [-0.39, 0.29) is 23.7 Å². The highest BCUT2D eigenvalue weighted by Gasteiger charge is 2.33. The molecule has 0 unspecified atom stereocenters. The van der Waals surface area contributed by atoms with Gasteiger partial charge in [-0.2, -0.15) is 0 Å². The molecule has 1 aliphatic heterocycles. The second-order valence-electron chi connectivity index (χ2n) is 7.15. The molecule has 1 aromatic rings. The number of aromatic nitrogens is 1. The van der Waals surface area contributed by atoms with E-state index < -0.39 is 0 Å². The van der Waals surface area contributed by atoms with Crippen LogP contribution in [0.2, 0.25) is 0 Å². The predicted molar refractivity (Wildman–Crippen MR) is 94.5 cm³/mol. The molecule has 0 amide bonds. The Labute approximate surface area is 144 Å². The molecule has 1 saturated heterocycles. The topological polar surface area (TPSA) is 63.7 Å². The molecule has 2 atom stereocenters. The molecule has 0 saturated carbocycles. The van der Waals surface area contributed by atoms with Gasteiger partial charge in [0.15, 0.2) is 0 Å². The maximum Gasteiger partial charge on any atom is 0.339 e. The lowest BCUT2D eigenvalue weighted by Gasteiger charge is -2.45. The van der Waals surface area contributed by atoms with Crippen molar-refractivity contribution in [2.75, 3.05) is 32.1 Å². The summed E-state index contributed by atoms with van der Waals surface area (Å²) in [5.41, 5.74) is 1.14. The maximum absolute atomic E-state index is 11.6. The summed E-state index contributed by atoms with van der Waals surface area (Å²) in [5, 5.41) is 3.39. The minimum atomic E-state index is -0.358. The van der Waals surface area contributed by atoms with E-state index in [4.69, 9.17) is 9.47 Å². The van der Waals surface area contributed by atoms with Crippen molar-refractivity contribution in [2.45, 2.75) is 52.4 Å². The number of morpholine rings is 1. The van der Waals surface area contributed by atoms with E-state index in [9.17, 15) is 4.79 Å². The van der Waals surface area contributed by atoms with Gasteiger partial charge in [0.1, 0.15) is 5.82 Å². The standard InChI is InChI=1S/C18H29N3O3/c1-12-9-21(10-13(2)24-12)18(4,5)11-19-16-8-7-15(14(3)20-16)17(22)23-6/h7-8,12-13H,9-11H2,1-6H3,(H,19,20)/t12-,13-/m0/s1. The lowest BCUT2D eigenvalue weighted by molar-refractivity contribution is -0.0933. The number of hydrogen-bond acceptors (Lipinski definition) is 6. The normalized spacial score (nSPS) is 22.2. The molecule has 2 rings (SSSR count). The van der Waals surface area contributed by atoms with Gasteiger partial charge in [-0.3, -0.25) is 4.90 Å². The van der Waals surface area contributed by atoms with Gasteiger partial charge < -0.3 is 14.8 Å². The lowest BCUT2D eigenvalue weighted by Crippen LogP contribution is -2.57. The zero-order chi connectivity index (χ0) is 17.9. The summed E-state index contributed by atoms with van der Waals surface area (Å²) in [6.07, 6.45) is 0.487. The van der Waals surface area contributed by atoms with Gasteiger partial charge in [0.25, 0.3) is 0 Å². The van der Waals surface area contributed by atoms with Crippen molar-refractivity contribution in [2.24, 2.45) is 0 Å². The van der Waals surface area contributed by atoms with Crippen LogP contribution in [0.15, 0.2) is 12.1 Å². The smallest absolute Gasteiger partial charge is 0.339 e. The minimum Gasteiger partial charge on any atom is -0.465 e. The highest BCUT2D eigenvalue weighted by atomic mass is 16.5. The highest BCUT2D eigenvalue weighted by molar-refractivity contribution is 5.90. The number of ether oxygens (including phenoxy) is 2. The van der Waals surface area contributed by atoms with Gasteiger partial charge >= 0.3 is 5.97 Å². The first-order valence-corrected chi connectivity index (χ1v) is 8.43. The van der Waals surface area contributed by atoms with Crippen LogP contribution in [-0.4, -0.2) is 60.3 Å². The number of methoxy groups -OCH3 is 1. The fourth-order valence-electron chi connectivity index (χ4n) is 3.08. The number of carbonyl (C=O) groups excluding carboxylic acids is 1. The second kappa shape index (κ2) is 7.49. The predicted octanol–water partition coefficient (Wildman–Crippen LogP) is 2.48. The molecule has 1 N–H and O–H groups in total. The molecular weight excluding hydrogens is 306 g/mol. The fraction of sp³-hybridized carbons (Fsp3) is 0.667. The average molecular weight is 335 g/mol. The van der Waals surface area contributed by atoms with E-state index in [1.807, 2.05) is 13.0 Å². The summed E-state index contributed by atoms with van der Waals surface area (Å²) in [4.78, 5) is 18.5. The highest BCUT2D eigenvalue weighted by Crippen LogP contribution is 2.22. The summed E-state index contributed by atoms with van der Waals surface area (Å²) in [7, 11) is 1.38. The van der Waals surface area contributed by atoms with Crippen molar-refractivity contribution >= 4 is 11.8 Å². The van der Waals surface area contributed by atoms with Crippen molar-refractivity contribution in [1.29, 1.82) is 0 Å². The third kappa shape index (κ3) is 4.45. The number of hydrogen-bond donors (Lipinski definition) is 1. The molecule has 134 valence electrons. The molecule has 1 fully saturated rings. The van der Waals surface area contributed by atoms with Gasteiger partial charge in [0, 0.05) is 25.2 Å². The summed E-state index contributed by atoms with van der Waals surface area (Å²) in [5.74, 6) is 0.408. The van der Waals surface area contributed by atoms with Crippen LogP contribution in [0.5, 0.6) is 0 Å². The SMILES string of the molecule is COC(=O)c1ccc(NCC(C)(C)N2C[C@H](C)O[C@@H](C)C2)nc1C. The van der Waals surface area contributed by atoms with Crippen molar-refractivity contribution in [3.8, 4) is 0 Å². The van der Waals surface area contributed by atoms with E-state index in [0.29, 0.717) is 11.3 Å². The number of rotatable bonds is 5. The first kappa shape index (κ1) is 18.7. The number of aryl methyl sites for hydroxylation is 1. The van der Waals surface area contributed by atoms with E-state index in [2.05, 4.69) is 42.9 Å². The molecule has 0 radical (unpaired) electrons. The van der Waals surface area contributed by atoms with Gasteiger partial charge in [-0.1, -0.05) is 0 Å². The Morgan fingerprint density at radius 1 is 1.38 bits per heavy atom. The molecule has 0 aliphatic carbocycles. The van der Waals surface area contributed by atoms with Crippen molar-refractivity contribution in [1.82, 2.24) is 9.88 Å². The molecule has 2 heterocycles. The van der Waals surface area contributed by atoms with Gasteiger partial charge in [-0.25, -0.2) is 9.78 Å². The Morgan fingerprint density at radius 2 is 2.00 bits per heavy atom. The summed E-state index contributed by atoms with van der Waals surface area (Å²) >= 11 is 0. The van der Waals surface area contributed by atoms with Crippen LogP contribution >= 0.6 is 0 Å². The summed E-state index contributed by atoms with van der Waals surface area (Å²) in [6, 6.07) is 3.57. The Bertz CT molecular complexity index is 579. The number of nitrogens with zero attached hydrogens (tertiary/aromatic N) is 2. The number of pyridine rings is 1. The third-order valence-corrected chi connectivity index (χ3v) is 4.47. The number of anilines is 1. The Morgan fingerprint density at radius 3 is 2.54 bits per heavy atom. The minimum absolute atomic E-state index is 0.0249. The van der Waals surface area contributed by atoms with Crippen LogP contribution in [0.4, 0.5) is 5.82 Å². The number of esters is 1. The lowest BCUT2D eigenvalue weighted by atomic mass is 10.00. The third-order valence-electron chi connectivity index (χ3n) is 4.47. The summed E-state index contributed by atoms with van der Waals surface area (Å²) < 4.78 is 10.6. The Balaban J connectivity index is 2.01. The zero-order valence-corrected chi connectivity index (χ0v) is 15.5. The van der Waals surface area contributed by atoms with Gasteiger partial charge in [-0.05, 0) is 46.8 Å². The van der Waals surface area contributed by atoms with Gasteiger partial charge in [0.2, 0.25) is 0 Å². The van der Waals surface area contributed by atoms with Crippen LogP contribution in [0.3, 0.4) is 0 Å². The molecule has 0 spiro atoms. The first-order chi connectivity index (χ1) is 11.2. The number of nitrogens with one attached hydrogen (secondary N) is 1. The zero-order valence-electron chi connectivity index (χ0n) is 15.5. The average Bonchev–Trinajstić information content (AvgIpc) is 2.51. The van der Waals surface area contributed by atoms with Gasteiger partial charge in [0.05, 0.1) is 30.6 Å². The van der Waals surface area contributed by atoms with E-state index >= 15 is 0 Å². The van der Waals surface area contributed by atoms with Crippen LogP contribution < -0.4 is 5.32 Å². The first-order valence-electron chi connectivity index (χ1n) is 8.43. The quantitative estimate of drug-likeness (QED) is 0.834. The van der Waals surface area contributed by atoms with Crippen LogP contribution in [0.1, 0.15) is 43.7 Å². The van der Waals surface area contributed by atoms with Crippen molar-refractivity contribution < 1.29 is 14.3 Å². The Hall–Kier alpha value is -1.66. The van der Waals surface area contributed by atoms with Crippen molar-refractivity contribution in [3.05, 3.63) is 23.4 Å². The number of carbonyl (C=O) groups is 1. The molecule has 6 nitrogen and oxygen atoms in total. The molecule has 6 heteroatoms. The maximum atomic E-state index is 11.6. The van der Waals surface area contributed by atoms with E-state index in [1.165, 1.54) is 7.11 Å². The summed E-state index contributed by atoms with van der Waals surface area (Å²) in [6.45, 7) is 13.1. The van der Waals surface area contributed by atoms with Crippen LogP contribution in [0, 0.1) is 6.92 Å². The fourth-order valence-corrected chi connectivity index (χ4v) is 3.08. The van der Waals surface area contributed by atoms with Crippen LogP contribution in [0.25, 0.3) is 0 Å². The van der Waals surface area contributed by atoms with E-state index in [1.54, 1.807) is 6.07 Å². The molecule has 1 aromatic heterocycles. The van der Waals surface area contributed by atoms with Crippen molar-refractivity contribution in [3.63, 3.8) is 0 Å². The molecule has 24 heavy (non-hydrogen) atoms. The molecular formula is C18H29N3O3. The largest absolute Gasteiger partial charge is 0.465 e. The van der Waals surface area contributed by atoms with Crippen LogP contribution in [-0.2, 0) is 9.47 Å². The monoisotopic (exact) mass is 335 g/mol.